The fourth-order valence-corrected chi connectivity index (χ4v) is 5.86. The Morgan fingerprint density at radius 2 is 1.35 bits per heavy atom. The first-order valence-electron chi connectivity index (χ1n) is 17.0. The number of rotatable bonds is 16. The minimum absolute atomic E-state index is 0. The predicted molar refractivity (Wildman–Crippen MR) is 190 cm³/mol. The zero-order valence-corrected chi connectivity index (χ0v) is 34.0. The van der Waals surface area contributed by atoms with E-state index in [1.165, 1.54) is 31.5 Å². The van der Waals surface area contributed by atoms with E-state index in [0.29, 0.717) is 46.1 Å². The van der Waals surface area contributed by atoms with E-state index in [1.54, 1.807) is 19.2 Å². The van der Waals surface area contributed by atoms with Crippen LogP contribution in [0, 0.1) is 0 Å². The summed E-state index contributed by atoms with van der Waals surface area (Å²) < 4.78 is 106. The van der Waals surface area contributed by atoms with Crippen LogP contribution in [0.15, 0.2) is 54.9 Å². The number of anilines is 1. The van der Waals surface area contributed by atoms with Gasteiger partial charge in [0.2, 0.25) is 5.95 Å². The number of alkyl halides is 6. The first-order chi connectivity index (χ1) is 25.4. The minimum Gasteiger partial charge on any atom is -0.496 e. The normalized spacial score (nSPS) is 11.7. The Kier molecular flexibility index (Phi) is 15.7. The van der Waals surface area contributed by atoms with Gasteiger partial charge in [0.15, 0.2) is 17.2 Å². The summed E-state index contributed by atoms with van der Waals surface area (Å²) in [7, 11) is 4.47. The van der Waals surface area contributed by atoms with Crippen molar-refractivity contribution in [3.8, 4) is 34.1 Å². The van der Waals surface area contributed by atoms with Crippen molar-refractivity contribution >= 4 is 11.9 Å². The summed E-state index contributed by atoms with van der Waals surface area (Å²) in [6, 6.07) is 8.91. The van der Waals surface area contributed by atoms with E-state index in [-0.39, 0.29) is 90.7 Å². The molecule has 0 aliphatic rings. The van der Waals surface area contributed by atoms with Crippen LogP contribution in [0.2, 0.25) is 0 Å². The van der Waals surface area contributed by atoms with Crippen molar-refractivity contribution in [3.05, 3.63) is 88.2 Å². The van der Waals surface area contributed by atoms with Crippen LogP contribution in [0.3, 0.4) is 0 Å². The average molecular weight is 787 g/mol. The molecule has 9 nitrogen and oxygen atoms in total. The van der Waals surface area contributed by atoms with E-state index in [2.05, 4.69) is 16.0 Å². The number of nitrogens with zero attached hydrogens (tertiary/aromatic N) is 3. The maximum absolute atomic E-state index is 13.9. The van der Waals surface area contributed by atoms with Crippen molar-refractivity contribution < 1.29 is 84.7 Å². The van der Waals surface area contributed by atoms with Gasteiger partial charge in [-0.25, -0.2) is 9.97 Å². The average Bonchev–Trinajstić information content (AvgIpc) is 3.11. The molecule has 0 fully saturated rings. The number of carboxylic acids is 1. The summed E-state index contributed by atoms with van der Waals surface area (Å²) in [5, 5.41) is 8.90. The molecule has 1 N–H and O–H groups in total. The molecular weight excluding hydrogens is 743 g/mol. The van der Waals surface area contributed by atoms with Gasteiger partial charge < -0.3 is 29.0 Å². The Labute approximate surface area is 338 Å². The quantitative estimate of drug-likeness (QED) is 0.0738. The first kappa shape index (κ1) is 45.2. The third-order valence-electron chi connectivity index (χ3n) is 8.62. The van der Waals surface area contributed by atoms with Crippen molar-refractivity contribution in [1.29, 1.82) is 0 Å². The van der Waals surface area contributed by atoms with E-state index in [0.717, 1.165) is 11.1 Å². The molecule has 0 saturated heterocycles. The number of carboxylic acid groups (broad SMARTS) is 1. The number of hydrogen-bond acceptors (Lipinski definition) is 8. The number of methoxy groups -OCH3 is 3. The summed E-state index contributed by atoms with van der Waals surface area (Å²) in [5.74, 6) is 0.614. The van der Waals surface area contributed by atoms with E-state index in [9.17, 15) is 31.1 Å². The summed E-state index contributed by atoms with van der Waals surface area (Å²) in [6.45, 7) is 7.61. The number of aliphatic carboxylic acids is 1. The van der Waals surface area contributed by atoms with Crippen LogP contribution < -0.4 is 53.4 Å². The molecule has 4 rings (SSSR count). The fourth-order valence-electron chi connectivity index (χ4n) is 5.86. The zero-order valence-electron chi connectivity index (χ0n) is 32.0. The Bertz CT molecular complexity index is 1890. The summed E-state index contributed by atoms with van der Waals surface area (Å²) in [4.78, 5) is 21.0. The maximum atomic E-state index is 13.9. The Morgan fingerprint density at radius 1 is 0.764 bits per heavy atom. The van der Waals surface area contributed by atoms with Gasteiger partial charge in [-0.1, -0.05) is 33.8 Å². The summed E-state index contributed by atoms with van der Waals surface area (Å²) in [6.07, 6.45) is -7.44. The van der Waals surface area contributed by atoms with Crippen molar-refractivity contribution in [3.63, 3.8) is 0 Å². The molecule has 55 heavy (non-hydrogen) atoms. The second kappa shape index (κ2) is 19.1. The number of aromatic nitrogens is 2. The van der Waals surface area contributed by atoms with E-state index >= 15 is 0 Å². The predicted octanol–water partition coefficient (Wildman–Crippen LogP) is 6.91. The monoisotopic (exact) mass is 786 g/mol. The van der Waals surface area contributed by atoms with Crippen LogP contribution in [0.25, 0.3) is 11.1 Å². The molecule has 292 valence electrons. The molecule has 1 aromatic heterocycles. The number of hydrogen-bond donors (Lipinski definition) is 1. The van der Waals surface area contributed by atoms with Crippen LogP contribution in [0.5, 0.6) is 23.0 Å². The molecule has 16 heteroatoms. The van der Waals surface area contributed by atoms with Crippen LogP contribution in [0.1, 0.15) is 85.8 Å². The van der Waals surface area contributed by atoms with Crippen molar-refractivity contribution in [2.24, 2.45) is 0 Å². The van der Waals surface area contributed by atoms with Gasteiger partial charge in [-0.3, -0.25) is 4.79 Å². The second-order valence-corrected chi connectivity index (χ2v) is 13.2. The molecule has 1 heterocycles. The van der Waals surface area contributed by atoms with Gasteiger partial charge >= 0.3 is 47.9 Å². The molecule has 0 saturated carbocycles. The largest absolute Gasteiger partial charge is 1.00 e. The first-order valence-corrected chi connectivity index (χ1v) is 17.0. The van der Waals surface area contributed by atoms with Gasteiger partial charge in [0.25, 0.3) is 0 Å². The van der Waals surface area contributed by atoms with Crippen LogP contribution in [-0.2, 0) is 30.2 Å². The fraction of sp³-hybridized carbons (Fsp3) is 0.410. The van der Waals surface area contributed by atoms with Crippen molar-refractivity contribution in [1.82, 2.24) is 9.97 Å². The second-order valence-electron chi connectivity index (χ2n) is 13.2. The van der Waals surface area contributed by atoms with Crippen LogP contribution in [-0.4, -0.2) is 49.0 Å². The molecule has 0 radical (unpaired) electrons. The van der Waals surface area contributed by atoms with E-state index in [4.69, 9.17) is 24.1 Å². The maximum Gasteiger partial charge on any atom is 1.00 e. The van der Waals surface area contributed by atoms with Gasteiger partial charge in [-0.2, -0.15) is 26.3 Å². The molecule has 3 aromatic carbocycles. The van der Waals surface area contributed by atoms with Gasteiger partial charge in [-0.15, -0.1) is 0 Å². The Hall–Kier alpha value is -4.21. The summed E-state index contributed by atoms with van der Waals surface area (Å²) in [5.41, 5.74) is 0.578. The van der Waals surface area contributed by atoms with E-state index < -0.39 is 36.0 Å². The van der Waals surface area contributed by atoms with Crippen LogP contribution >= 0.6 is 0 Å². The topological polar surface area (TPSA) is 103 Å². The molecule has 0 atom stereocenters. The summed E-state index contributed by atoms with van der Waals surface area (Å²) >= 11 is 0. The van der Waals surface area contributed by atoms with Crippen molar-refractivity contribution in [2.45, 2.75) is 77.8 Å². The molecular formula is C39H43F6N3NaO6+. The smallest absolute Gasteiger partial charge is 0.496 e. The molecule has 4 aromatic rings. The Balaban J connectivity index is 0.00000812. The third kappa shape index (κ3) is 11.7. The van der Waals surface area contributed by atoms with Gasteiger partial charge in [0, 0.05) is 25.1 Å². The molecule has 0 bridgehead atoms. The molecule has 0 aliphatic heterocycles. The zero-order chi connectivity index (χ0) is 40.0. The minimum atomic E-state index is -5.06. The third-order valence-corrected chi connectivity index (χ3v) is 8.62. The standard InChI is InChI=1S/C39H43F6N3O6.Na/c1-22(2)25-13-30(23(3)4)36(53-7)32(14-25)31-17-34(52-6)33(51-5)15-26(31)21-48(37-46-18-29(19-47-37)54-10-8-9-35(49)50)20-24-11-27(38(40,41)42)16-28(12-24)39(43,44)45;/h11-19,22-23H,8-10,20-21H2,1-7H3,(H,49,50);/q;+1. The Morgan fingerprint density at radius 3 is 1.84 bits per heavy atom. The van der Waals surface area contributed by atoms with Gasteiger partial charge in [0.05, 0.1) is 51.5 Å². The number of halogens is 6. The molecule has 0 spiro atoms. The van der Waals surface area contributed by atoms with Crippen LogP contribution in [0.4, 0.5) is 32.3 Å². The van der Waals surface area contributed by atoms with Gasteiger partial charge in [0.1, 0.15) is 5.75 Å². The molecule has 0 amide bonds. The SMILES string of the molecule is COc1cc(CN(Cc2cc(C(F)(F)F)cc(C(F)(F)F)c2)c2ncc(OCCCC(=O)O)cn2)c(-c2cc(C(C)C)cc(C(C)C)c2OC)cc1OC.[Na+]. The van der Waals surface area contributed by atoms with E-state index in [1.807, 2.05) is 33.8 Å². The number of carbonyl (C=O) groups is 1. The van der Waals surface area contributed by atoms with Gasteiger partial charge in [-0.05, 0) is 82.5 Å². The molecule has 0 unspecified atom stereocenters. The number of benzene rings is 3. The number of ether oxygens (including phenoxy) is 4. The molecule has 0 aliphatic carbocycles. The van der Waals surface area contributed by atoms with Crippen molar-refractivity contribution in [2.75, 3.05) is 32.8 Å².